The molecule has 0 N–H and O–H groups in total. The Labute approximate surface area is 122 Å². The van der Waals surface area contributed by atoms with Crippen molar-refractivity contribution in [2.45, 2.75) is 32.6 Å². The van der Waals surface area contributed by atoms with E-state index in [-0.39, 0.29) is 11.9 Å². The Morgan fingerprint density at radius 3 is 2.40 bits per heavy atom. The van der Waals surface area contributed by atoms with Crippen molar-refractivity contribution in [3.63, 3.8) is 0 Å². The molecule has 2 unspecified atom stereocenters. The largest absolute Gasteiger partial charge is 0.466 e. The summed E-state index contributed by atoms with van der Waals surface area (Å²) in [5, 5.41) is 0. The maximum Gasteiger partial charge on any atom is 0.310 e. The van der Waals surface area contributed by atoms with Gasteiger partial charge >= 0.3 is 5.97 Å². The minimum absolute atomic E-state index is 0.199. The molecule has 0 aromatic heterocycles. The monoisotopic (exact) mass is 272 g/mol. The lowest BCUT2D eigenvalue weighted by Gasteiger charge is -2.33. The minimum atomic E-state index is -0.464. The first-order valence-electron chi connectivity index (χ1n) is 6.97. The second-order valence-corrected chi connectivity index (χ2v) is 5.18. The Bertz CT molecular complexity index is 473. The molecule has 2 nitrogen and oxygen atoms in total. The zero-order valence-electron chi connectivity index (χ0n) is 12.7. The van der Waals surface area contributed by atoms with E-state index in [0.717, 1.165) is 5.56 Å². The Morgan fingerprint density at radius 2 is 1.95 bits per heavy atom. The van der Waals surface area contributed by atoms with Crippen LogP contribution in [-0.4, -0.2) is 12.6 Å². The van der Waals surface area contributed by atoms with Crippen molar-refractivity contribution in [2.24, 2.45) is 5.92 Å². The Kier molecular flexibility index (Phi) is 5.75. The third-order valence-electron chi connectivity index (χ3n) is 3.79. The summed E-state index contributed by atoms with van der Waals surface area (Å²) in [4.78, 5) is 12.3. The van der Waals surface area contributed by atoms with Crippen LogP contribution in [-0.2, 0) is 14.9 Å². The van der Waals surface area contributed by atoms with Crippen LogP contribution in [0.3, 0.4) is 0 Å². The van der Waals surface area contributed by atoms with Gasteiger partial charge in [0.25, 0.3) is 0 Å². The van der Waals surface area contributed by atoms with Gasteiger partial charge in [-0.15, -0.1) is 13.2 Å². The zero-order chi connectivity index (χ0) is 15.2. The van der Waals surface area contributed by atoms with Gasteiger partial charge in [-0.3, -0.25) is 4.79 Å². The SMILES string of the molecule is C=CCC(C(=O)OCC)C(C)(C=C)c1ccc(C)cc1. The lowest BCUT2D eigenvalue weighted by Crippen LogP contribution is -2.36. The second-order valence-electron chi connectivity index (χ2n) is 5.18. The van der Waals surface area contributed by atoms with Gasteiger partial charge in [0.2, 0.25) is 0 Å². The number of rotatable bonds is 7. The highest BCUT2D eigenvalue weighted by Gasteiger charge is 2.38. The first kappa shape index (κ1) is 16.2. The molecule has 0 aliphatic carbocycles. The number of allylic oxidation sites excluding steroid dienone is 2. The maximum absolute atomic E-state index is 12.3. The Hall–Kier alpha value is -1.83. The highest BCUT2D eigenvalue weighted by atomic mass is 16.5. The normalized spacial score (nSPS) is 14.9. The van der Waals surface area contributed by atoms with E-state index in [9.17, 15) is 4.79 Å². The van der Waals surface area contributed by atoms with E-state index in [4.69, 9.17) is 4.74 Å². The van der Waals surface area contributed by atoms with E-state index in [2.05, 4.69) is 13.2 Å². The van der Waals surface area contributed by atoms with Crippen LogP contribution in [0.4, 0.5) is 0 Å². The van der Waals surface area contributed by atoms with Crippen LogP contribution in [0.15, 0.2) is 49.6 Å². The first-order valence-corrected chi connectivity index (χ1v) is 6.97. The number of benzene rings is 1. The molecule has 0 spiro atoms. The minimum Gasteiger partial charge on any atom is -0.466 e. The quantitative estimate of drug-likeness (QED) is 0.549. The topological polar surface area (TPSA) is 26.3 Å². The van der Waals surface area contributed by atoms with Crippen molar-refractivity contribution >= 4 is 5.97 Å². The van der Waals surface area contributed by atoms with E-state index in [0.29, 0.717) is 13.0 Å². The average Bonchev–Trinajstić information content (AvgIpc) is 2.45. The van der Waals surface area contributed by atoms with Crippen LogP contribution in [0, 0.1) is 12.8 Å². The third kappa shape index (κ3) is 3.38. The van der Waals surface area contributed by atoms with Gasteiger partial charge in [-0.05, 0) is 25.8 Å². The summed E-state index contributed by atoms with van der Waals surface area (Å²) in [5.74, 6) is -0.504. The van der Waals surface area contributed by atoms with Gasteiger partial charge in [-0.1, -0.05) is 48.9 Å². The molecule has 0 fully saturated rings. The second kappa shape index (κ2) is 7.09. The molecule has 0 aliphatic heterocycles. The fraction of sp³-hybridized carbons (Fsp3) is 0.389. The number of ether oxygens (including phenoxy) is 1. The van der Waals surface area contributed by atoms with Gasteiger partial charge in [-0.25, -0.2) is 0 Å². The van der Waals surface area contributed by atoms with Crippen molar-refractivity contribution in [1.82, 2.24) is 0 Å². The molecule has 2 heteroatoms. The molecule has 108 valence electrons. The van der Waals surface area contributed by atoms with Crippen LogP contribution in [0.1, 0.15) is 31.4 Å². The van der Waals surface area contributed by atoms with Gasteiger partial charge < -0.3 is 4.74 Å². The van der Waals surface area contributed by atoms with Crippen molar-refractivity contribution in [3.8, 4) is 0 Å². The Balaban J connectivity index is 3.22. The fourth-order valence-corrected chi connectivity index (χ4v) is 2.37. The molecule has 0 amide bonds. The molecule has 0 heterocycles. The average molecular weight is 272 g/mol. The first-order chi connectivity index (χ1) is 9.49. The number of hydrogen-bond donors (Lipinski definition) is 0. The van der Waals surface area contributed by atoms with E-state index in [1.165, 1.54) is 5.56 Å². The molecular weight excluding hydrogens is 248 g/mol. The van der Waals surface area contributed by atoms with Crippen molar-refractivity contribution in [2.75, 3.05) is 6.61 Å². The highest BCUT2D eigenvalue weighted by molar-refractivity contribution is 5.75. The fourth-order valence-electron chi connectivity index (χ4n) is 2.37. The number of carbonyl (C=O) groups excluding carboxylic acids is 1. The molecule has 0 aliphatic rings. The van der Waals surface area contributed by atoms with Crippen molar-refractivity contribution in [3.05, 3.63) is 60.7 Å². The smallest absolute Gasteiger partial charge is 0.310 e. The van der Waals surface area contributed by atoms with E-state index < -0.39 is 5.41 Å². The summed E-state index contributed by atoms with van der Waals surface area (Å²) in [6, 6.07) is 8.19. The van der Waals surface area contributed by atoms with E-state index in [1.54, 1.807) is 6.08 Å². The van der Waals surface area contributed by atoms with Gasteiger partial charge in [0.05, 0.1) is 12.5 Å². The third-order valence-corrected chi connectivity index (χ3v) is 3.79. The van der Waals surface area contributed by atoms with E-state index >= 15 is 0 Å². The highest BCUT2D eigenvalue weighted by Crippen LogP contribution is 2.36. The van der Waals surface area contributed by atoms with Crippen molar-refractivity contribution < 1.29 is 9.53 Å². The summed E-state index contributed by atoms with van der Waals surface area (Å²) in [5.41, 5.74) is 1.79. The lowest BCUT2D eigenvalue weighted by atomic mass is 9.70. The summed E-state index contributed by atoms with van der Waals surface area (Å²) in [7, 11) is 0. The molecule has 1 aromatic rings. The van der Waals surface area contributed by atoms with E-state index in [1.807, 2.05) is 51.1 Å². The van der Waals surface area contributed by atoms with Crippen LogP contribution in [0.2, 0.25) is 0 Å². The summed E-state index contributed by atoms with van der Waals surface area (Å²) in [6.45, 7) is 14.0. The van der Waals surface area contributed by atoms with Crippen LogP contribution < -0.4 is 0 Å². The summed E-state index contributed by atoms with van der Waals surface area (Å²) in [6.07, 6.45) is 4.16. The van der Waals surface area contributed by atoms with Crippen LogP contribution in [0.5, 0.6) is 0 Å². The molecule has 1 rings (SSSR count). The van der Waals surface area contributed by atoms with Gasteiger partial charge in [-0.2, -0.15) is 0 Å². The van der Waals surface area contributed by atoms with Crippen LogP contribution >= 0.6 is 0 Å². The number of carbonyl (C=O) groups is 1. The predicted octanol–water partition coefficient (Wildman–Crippen LogP) is 4.19. The standard InChI is InChI=1S/C18H24O2/c1-6-9-16(17(19)20-8-3)18(5,7-2)15-12-10-14(4)11-13-15/h6-7,10-13,16H,1-2,8-9H2,3-5H3. The predicted molar refractivity (Wildman–Crippen MR) is 83.7 cm³/mol. The molecule has 0 saturated carbocycles. The Morgan fingerprint density at radius 1 is 1.35 bits per heavy atom. The summed E-state index contributed by atoms with van der Waals surface area (Å²) >= 11 is 0. The van der Waals surface area contributed by atoms with Gasteiger partial charge in [0.1, 0.15) is 0 Å². The molecular formula is C18H24O2. The zero-order valence-corrected chi connectivity index (χ0v) is 12.7. The molecule has 20 heavy (non-hydrogen) atoms. The number of esters is 1. The molecule has 0 bridgehead atoms. The maximum atomic E-state index is 12.3. The molecule has 1 aromatic carbocycles. The lowest BCUT2D eigenvalue weighted by molar-refractivity contribution is -0.149. The molecule has 0 radical (unpaired) electrons. The van der Waals surface area contributed by atoms with Crippen LogP contribution in [0.25, 0.3) is 0 Å². The number of aryl methyl sites for hydroxylation is 1. The van der Waals surface area contributed by atoms with Gasteiger partial charge in [0.15, 0.2) is 0 Å². The molecule has 0 saturated heterocycles. The van der Waals surface area contributed by atoms with Gasteiger partial charge in [0, 0.05) is 5.41 Å². The molecule has 2 atom stereocenters. The number of hydrogen-bond acceptors (Lipinski definition) is 2. The summed E-state index contributed by atoms with van der Waals surface area (Å²) < 4.78 is 5.22. The van der Waals surface area contributed by atoms with Crippen molar-refractivity contribution in [1.29, 1.82) is 0 Å².